The number of nitrogens with zero attached hydrogens (tertiary/aromatic N) is 3. The van der Waals surface area contributed by atoms with E-state index in [9.17, 15) is 18.7 Å². The highest BCUT2D eigenvalue weighted by atomic mass is 19.1. The zero-order valence-electron chi connectivity index (χ0n) is 11.1. The van der Waals surface area contributed by atoms with E-state index in [1.807, 2.05) is 0 Å². The Bertz CT molecular complexity index is 763. The number of hydrogen-bond acceptors (Lipinski definition) is 6. The number of carboxylic acid groups (broad SMARTS) is 1. The molecule has 0 saturated heterocycles. The Kier molecular flexibility index (Phi) is 4.25. The lowest BCUT2D eigenvalue weighted by Gasteiger charge is -1.99. The first kappa shape index (κ1) is 15.3. The van der Waals surface area contributed by atoms with E-state index in [1.165, 1.54) is 13.0 Å². The molecule has 2 N–H and O–H groups in total. The number of carbonyl (C=O) groups is 1. The first-order chi connectivity index (χ1) is 10.4. The van der Waals surface area contributed by atoms with Crippen LogP contribution in [0, 0.1) is 18.6 Å². The van der Waals surface area contributed by atoms with E-state index < -0.39 is 34.7 Å². The van der Waals surface area contributed by atoms with Crippen molar-refractivity contribution in [1.29, 1.82) is 0 Å². The van der Waals surface area contributed by atoms with Crippen LogP contribution < -0.4 is 0 Å². The smallest absolute Gasteiger partial charge is 0.360 e. The second kappa shape index (κ2) is 6.12. The Hall–Kier alpha value is -3.10. The van der Waals surface area contributed by atoms with E-state index in [0.717, 1.165) is 18.2 Å². The van der Waals surface area contributed by atoms with Crippen LogP contribution in [-0.4, -0.2) is 21.3 Å². The summed E-state index contributed by atoms with van der Waals surface area (Å²) in [4.78, 5) is 11.1. The second-order valence-electron chi connectivity index (χ2n) is 4.10. The van der Waals surface area contributed by atoms with Crippen LogP contribution in [0.3, 0.4) is 0 Å². The number of aromatic nitrogens is 1. The molecule has 9 heteroatoms. The van der Waals surface area contributed by atoms with Gasteiger partial charge in [0.25, 0.3) is 0 Å². The number of azo groups is 1. The zero-order valence-corrected chi connectivity index (χ0v) is 11.1. The topological polar surface area (TPSA) is 108 Å². The van der Waals surface area contributed by atoms with Gasteiger partial charge < -0.3 is 14.7 Å². The van der Waals surface area contributed by atoms with E-state index in [4.69, 9.17) is 5.11 Å². The van der Waals surface area contributed by atoms with Gasteiger partial charge in [0, 0.05) is 6.07 Å². The largest absolute Gasteiger partial charge is 0.504 e. The van der Waals surface area contributed by atoms with Crippen LogP contribution in [0.15, 0.2) is 44.7 Å². The number of rotatable bonds is 4. The average Bonchev–Trinajstić information content (AvgIpc) is 2.88. The molecule has 2 aromatic rings. The van der Waals surface area contributed by atoms with Crippen LogP contribution in [0.25, 0.3) is 5.76 Å². The maximum absolute atomic E-state index is 13.4. The fourth-order valence-corrected chi connectivity index (χ4v) is 1.48. The van der Waals surface area contributed by atoms with E-state index in [-0.39, 0.29) is 5.69 Å². The minimum Gasteiger partial charge on any atom is -0.504 e. The van der Waals surface area contributed by atoms with Gasteiger partial charge in [0.05, 0.1) is 0 Å². The fraction of sp³-hybridized carbons (Fsp3) is 0.0769. The van der Waals surface area contributed by atoms with Gasteiger partial charge in [0.15, 0.2) is 28.8 Å². The molecule has 0 fully saturated rings. The number of hydrogen-bond donors (Lipinski definition) is 2. The number of halogens is 2. The molecule has 0 spiro atoms. The highest BCUT2D eigenvalue weighted by molar-refractivity contribution is 5.93. The summed E-state index contributed by atoms with van der Waals surface area (Å²) in [5, 5.41) is 28.6. The molecule has 0 unspecified atom stereocenters. The predicted octanol–water partition coefficient (Wildman–Crippen LogP) is 3.36. The molecule has 1 heterocycles. The summed E-state index contributed by atoms with van der Waals surface area (Å²) in [6, 6.07) is 4.25. The first-order valence-corrected chi connectivity index (χ1v) is 5.86. The van der Waals surface area contributed by atoms with Crippen molar-refractivity contribution in [3.05, 3.63) is 53.1 Å². The van der Waals surface area contributed by atoms with Crippen molar-refractivity contribution in [3.63, 3.8) is 0 Å². The summed E-state index contributed by atoms with van der Waals surface area (Å²) in [6.45, 7) is 1.53. The van der Waals surface area contributed by atoms with Gasteiger partial charge in [-0.3, -0.25) is 0 Å². The Morgan fingerprint density at radius 3 is 2.41 bits per heavy atom. The molecule has 7 nitrogen and oxygen atoms in total. The number of aliphatic carboxylic acids is 1. The van der Waals surface area contributed by atoms with Crippen LogP contribution >= 0.6 is 0 Å². The molecule has 1 aromatic carbocycles. The number of aliphatic hydroxyl groups excluding tert-OH is 1. The van der Waals surface area contributed by atoms with Crippen LogP contribution in [0.2, 0.25) is 0 Å². The Balaban J connectivity index is 2.46. The van der Waals surface area contributed by atoms with Gasteiger partial charge in [-0.25, -0.2) is 13.6 Å². The predicted molar refractivity (Wildman–Crippen MR) is 69.3 cm³/mol. The molecule has 1 aromatic heterocycles. The first-order valence-electron chi connectivity index (χ1n) is 5.86. The van der Waals surface area contributed by atoms with Crippen molar-refractivity contribution in [1.82, 2.24) is 5.16 Å². The third kappa shape index (κ3) is 3.14. The minimum atomic E-state index is -1.65. The van der Waals surface area contributed by atoms with Crippen molar-refractivity contribution in [3.8, 4) is 0 Å². The van der Waals surface area contributed by atoms with E-state index in [2.05, 4.69) is 19.9 Å². The molecule has 0 radical (unpaired) electrons. The SMILES string of the molecule is Cc1cc(C(O)=C(N=Nc2c(F)cccc2F)C(=O)O)no1. The maximum Gasteiger partial charge on any atom is 0.360 e. The van der Waals surface area contributed by atoms with Gasteiger partial charge in [0.1, 0.15) is 5.76 Å². The molecule has 0 saturated carbocycles. The van der Waals surface area contributed by atoms with E-state index in [0.29, 0.717) is 5.76 Å². The maximum atomic E-state index is 13.4. The van der Waals surface area contributed by atoms with Gasteiger partial charge in [-0.1, -0.05) is 11.2 Å². The Labute approximate surface area is 122 Å². The molecule has 0 aliphatic carbocycles. The second-order valence-corrected chi connectivity index (χ2v) is 4.10. The van der Waals surface area contributed by atoms with E-state index >= 15 is 0 Å². The summed E-state index contributed by atoms with van der Waals surface area (Å²) in [7, 11) is 0. The Morgan fingerprint density at radius 2 is 1.91 bits per heavy atom. The summed E-state index contributed by atoms with van der Waals surface area (Å²) < 4.78 is 31.5. The van der Waals surface area contributed by atoms with Gasteiger partial charge in [-0.05, 0) is 19.1 Å². The zero-order chi connectivity index (χ0) is 16.3. The molecule has 22 heavy (non-hydrogen) atoms. The van der Waals surface area contributed by atoms with Crippen LogP contribution in [0.1, 0.15) is 11.5 Å². The number of aryl methyl sites for hydroxylation is 1. The van der Waals surface area contributed by atoms with Crippen molar-refractivity contribution in [2.75, 3.05) is 0 Å². The monoisotopic (exact) mass is 309 g/mol. The summed E-state index contributed by atoms with van der Waals surface area (Å²) >= 11 is 0. The third-order valence-corrected chi connectivity index (χ3v) is 2.49. The van der Waals surface area contributed by atoms with Gasteiger partial charge in [-0.2, -0.15) is 0 Å². The highest BCUT2D eigenvalue weighted by Gasteiger charge is 2.19. The lowest BCUT2D eigenvalue weighted by molar-refractivity contribution is -0.132. The van der Waals surface area contributed by atoms with Crippen LogP contribution in [-0.2, 0) is 4.79 Å². The average molecular weight is 309 g/mol. The van der Waals surface area contributed by atoms with Gasteiger partial charge in [0.2, 0.25) is 5.70 Å². The van der Waals surface area contributed by atoms with Crippen LogP contribution in [0.5, 0.6) is 0 Å². The minimum absolute atomic E-state index is 0.192. The standard InChI is InChI=1S/C13H9F2N3O4/c1-6-5-9(18-22-6)12(19)11(13(20)21)17-16-10-7(14)3-2-4-8(10)15/h2-5,19H,1H3,(H,20,21). The Morgan fingerprint density at radius 1 is 1.27 bits per heavy atom. The quantitative estimate of drug-likeness (QED) is 0.511. The van der Waals surface area contributed by atoms with E-state index in [1.54, 1.807) is 0 Å². The number of carboxylic acids is 1. The fourth-order valence-electron chi connectivity index (χ4n) is 1.48. The van der Waals surface area contributed by atoms with Gasteiger partial charge >= 0.3 is 5.97 Å². The molecule has 2 rings (SSSR count). The lowest BCUT2D eigenvalue weighted by atomic mass is 10.2. The number of aliphatic hydroxyl groups is 1. The summed E-state index contributed by atoms with van der Waals surface area (Å²) in [6.07, 6.45) is 0. The summed E-state index contributed by atoms with van der Waals surface area (Å²) in [5.41, 5.74) is -1.90. The van der Waals surface area contributed by atoms with Crippen molar-refractivity contribution >= 4 is 17.4 Å². The highest BCUT2D eigenvalue weighted by Crippen LogP contribution is 2.24. The molecule has 0 atom stereocenters. The molecule has 0 amide bonds. The van der Waals surface area contributed by atoms with Crippen LogP contribution in [0.4, 0.5) is 14.5 Å². The van der Waals surface area contributed by atoms with Crippen molar-refractivity contribution < 1.29 is 28.3 Å². The molecule has 0 bridgehead atoms. The van der Waals surface area contributed by atoms with Crippen molar-refractivity contribution in [2.45, 2.75) is 6.92 Å². The molecular formula is C13H9F2N3O4. The number of benzene rings is 1. The molecule has 0 aliphatic rings. The normalized spacial score (nSPS) is 12.5. The molecular weight excluding hydrogens is 300 g/mol. The third-order valence-electron chi connectivity index (χ3n) is 2.49. The molecule has 0 aliphatic heterocycles. The summed E-state index contributed by atoms with van der Waals surface area (Å²) in [5.74, 6) is -4.22. The lowest BCUT2D eigenvalue weighted by Crippen LogP contribution is -2.02. The van der Waals surface area contributed by atoms with Crippen molar-refractivity contribution in [2.24, 2.45) is 10.2 Å². The van der Waals surface area contributed by atoms with Gasteiger partial charge in [-0.15, -0.1) is 10.2 Å². The molecule has 114 valence electrons.